The predicted octanol–water partition coefficient (Wildman–Crippen LogP) is 4.42. The van der Waals surface area contributed by atoms with Gasteiger partial charge < -0.3 is 13.7 Å². The lowest BCUT2D eigenvalue weighted by molar-refractivity contribution is 0.102. The minimum atomic E-state index is -1.06. The summed E-state index contributed by atoms with van der Waals surface area (Å²) in [5, 5.41) is 0. The molecule has 0 aromatic carbocycles. The molecule has 1 aromatic heterocycles. The lowest BCUT2D eigenvalue weighted by Crippen LogP contribution is -2.39. The van der Waals surface area contributed by atoms with Crippen molar-refractivity contribution in [2.75, 3.05) is 45.4 Å². The maximum absolute atomic E-state index is 6.45. The molecule has 2 unspecified atom stereocenters. The fourth-order valence-electron chi connectivity index (χ4n) is 3.39. The molecule has 3 heterocycles. The molecule has 2 aliphatic heterocycles. The first kappa shape index (κ1) is 20.7. The SMILES string of the molecule is CC(c1ccc2c(n1)OCCO2)N1CCCC(COS(C)(C)C(C)(C)C)C1. The van der Waals surface area contributed by atoms with Crippen molar-refractivity contribution in [3.63, 3.8) is 0 Å². The van der Waals surface area contributed by atoms with Gasteiger partial charge in [0.1, 0.15) is 13.2 Å². The summed E-state index contributed by atoms with van der Waals surface area (Å²) in [6, 6.07) is 4.34. The summed E-state index contributed by atoms with van der Waals surface area (Å²) < 4.78 is 17.9. The van der Waals surface area contributed by atoms with Crippen LogP contribution in [0, 0.1) is 5.92 Å². The third-order valence-electron chi connectivity index (χ3n) is 6.03. The van der Waals surface area contributed by atoms with Crippen LogP contribution in [-0.2, 0) is 4.18 Å². The van der Waals surface area contributed by atoms with E-state index in [-0.39, 0.29) is 10.8 Å². The molecule has 0 amide bonds. The number of piperidine rings is 1. The number of fused-ring (bicyclic) bond motifs is 1. The van der Waals surface area contributed by atoms with E-state index in [1.165, 1.54) is 12.8 Å². The third kappa shape index (κ3) is 4.90. The van der Waals surface area contributed by atoms with Gasteiger partial charge in [-0.25, -0.2) is 4.98 Å². The quantitative estimate of drug-likeness (QED) is 0.737. The van der Waals surface area contributed by atoms with Gasteiger partial charge in [0.15, 0.2) is 5.75 Å². The highest BCUT2D eigenvalue weighted by Crippen LogP contribution is 2.54. The Kier molecular flexibility index (Phi) is 6.28. The van der Waals surface area contributed by atoms with E-state index in [1.807, 2.05) is 6.07 Å². The summed E-state index contributed by atoms with van der Waals surface area (Å²) in [6.45, 7) is 13.3. The fraction of sp³-hybridized carbons (Fsp3) is 0.762. The minimum Gasteiger partial charge on any atom is -0.484 e. The van der Waals surface area contributed by atoms with Gasteiger partial charge in [0.25, 0.3) is 5.88 Å². The maximum Gasteiger partial charge on any atom is 0.257 e. The molecule has 27 heavy (non-hydrogen) atoms. The predicted molar refractivity (Wildman–Crippen MR) is 113 cm³/mol. The van der Waals surface area contributed by atoms with Crippen molar-refractivity contribution in [2.24, 2.45) is 5.92 Å². The lowest BCUT2D eigenvalue weighted by atomic mass is 9.97. The summed E-state index contributed by atoms with van der Waals surface area (Å²) in [5.74, 6) is 1.99. The Morgan fingerprint density at radius 3 is 2.74 bits per heavy atom. The van der Waals surface area contributed by atoms with E-state index < -0.39 is 10.3 Å². The van der Waals surface area contributed by atoms with E-state index in [0.29, 0.717) is 25.0 Å². The number of nitrogens with zero attached hydrogens (tertiary/aromatic N) is 2. The molecule has 3 rings (SSSR count). The Balaban J connectivity index is 1.60. The number of hydrogen-bond donors (Lipinski definition) is 0. The van der Waals surface area contributed by atoms with Gasteiger partial charge in [-0.05, 0) is 56.9 Å². The zero-order chi connectivity index (χ0) is 19.7. The Hall–Kier alpha value is -0.980. The van der Waals surface area contributed by atoms with Crippen LogP contribution in [0.25, 0.3) is 0 Å². The molecular formula is C21H36N2O3S. The molecule has 0 aliphatic carbocycles. The summed E-state index contributed by atoms with van der Waals surface area (Å²) in [6.07, 6.45) is 7.04. The summed E-state index contributed by atoms with van der Waals surface area (Å²) in [5.41, 5.74) is 1.06. The highest BCUT2D eigenvalue weighted by molar-refractivity contribution is 8.29. The van der Waals surface area contributed by atoms with Crippen molar-refractivity contribution in [1.82, 2.24) is 9.88 Å². The lowest BCUT2D eigenvalue weighted by Gasteiger charge is -2.45. The van der Waals surface area contributed by atoms with Gasteiger partial charge in [0, 0.05) is 17.3 Å². The van der Waals surface area contributed by atoms with Gasteiger partial charge in [-0.15, -0.1) is 10.3 Å². The van der Waals surface area contributed by atoms with Crippen LogP contribution in [-0.4, -0.2) is 60.1 Å². The maximum atomic E-state index is 6.45. The van der Waals surface area contributed by atoms with Crippen molar-refractivity contribution >= 4 is 10.3 Å². The second-order valence-electron chi connectivity index (χ2n) is 9.05. The largest absolute Gasteiger partial charge is 0.484 e. The standard InChI is InChI=1S/C21H36N2O3S/c1-16(18-9-10-19-20(22-18)25-13-12-24-19)23-11-7-8-17(14-23)15-26-27(5,6)21(2,3)4/h9-10,16-17H,7-8,11-15H2,1-6H3. The average molecular weight is 397 g/mol. The Morgan fingerprint density at radius 2 is 2.00 bits per heavy atom. The molecule has 1 aromatic rings. The molecule has 1 fully saturated rings. The molecular weight excluding hydrogens is 360 g/mol. The fourth-order valence-corrected chi connectivity index (χ4v) is 4.28. The van der Waals surface area contributed by atoms with Gasteiger partial charge in [0.05, 0.1) is 12.3 Å². The van der Waals surface area contributed by atoms with Crippen LogP contribution in [0.15, 0.2) is 12.1 Å². The van der Waals surface area contributed by atoms with Crippen molar-refractivity contribution in [1.29, 1.82) is 0 Å². The van der Waals surface area contributed by atoms with E-state index in [2.05, 4.69) is 51.2 Å². The smallest absolute Gasteiger partial charge is 0.257 e. The highest BCUT2D eigenvalue weighted by atomic mass is 32.3. The number of pyridine rings is 1. The van der Waals surface area contributed by atoms with Crippen LogP contribution in [0.2, 0.25) is 0 Å². The average Bonchev–Trinajstić information content (AvgIpc) is 2.65. The molecule has 0 bridgehead atoms. The van der Waals surface area contributed by atoms with Crippen LogP contribution < -0.4 is 9.47 Å². The molecule has 154 valence electrons. The molecule has 2 aliphatic rings. The summed E-state index contributed by atoms with van der Waals surface area (Å²) in [4.78, 5) is 7.25. The van der Waals surface area contributed by atoms with Crippen molar-refractivity contribution < 1.29 is 13.7 Å². The molecule has 2 atom stereocenters. The molecule has 5 nitrogen and oxygen atoms in total. The van der Waals surface area contributed by atoms with Crippen molar-refractivity contribution in [3.05, 3.63) is 17.8 Å². The zero-order valence-corrected chi connectivity index (χ0v) is 18.6. The topological polar surface area (TPSA) is 43.8 Å². The minimum absolute atomic E-state index is 0.212. The second-order valence-corrected chi connectivity index (χ2v) is 13.0. The molecule has 0 N–H and O–H groups in total. The van der Waals surface area contributed by atoms with Crippen LogP contribution in [0.4, 0.5) is 0 Å². The Morgan fingerprint density at radius 1 is 1.26 bits per heavy atom. The van der Waals surface area contributed by atoms with E-state index in [0.717, 1.165) is 31.1 Å². The number of likely N-dealkylation sites (tertiary alicyclic amines) is 1. The van der Waals surface area contributed by atoms with Crippen LogP contribution in [0.3, 0.4) is 0 Å². The summed E-state index contributed by atoms with van der Waals surface area (Å²) in [7, 11) is -1.06. The second kappa shape index (κ2) is 8.18. The van der Waals surface area contributed by atoms with E-state index in [4.69, 9.17) is 18.6 Å². The highest BCUT2D eigenvalue weighted by Gasteiger charge is 2.31. The molecule has 0 radical (unpaired) electrons. The molecule has 6 heteroatoms. The number of hydrogen-bond acceptors (Lipinski definition) is 5. The number of rotatable bonds is 5. The van der Waals surface area contributed by atoms with Gasteiger partial charge in [0.2, 0.25) is 0 Å². The Labute approximate surface area is 166 Å². The zero-order valence-electron chi connectivity index (χ0n) is 17.8. The van der Waals surface area contributed by atoms with Crippen LogP contribution in [0.5, 0.6) is 11.6 Å². The van der Waals surface area contributed by atoms with Gasteiger partial charge in [-0.1, -0.05) is 20.8 Å². The monoisotopic (exact) mass is 396 g/mol. The van der Waals surface area contributed by atoms with Gasteiger partial charge in [-0.3, -0.25) is 4.90 Å². The number of ether oxygens (including phenoxy) is 2. The van der Waals surface area contributed by atoms with Gasteiger partial charge >= 0.3 is 0 Å². The van der Waals surface area contributed by atoms with Crippen molar-refractivity contribution in [2.45, 2.75) is 51.3 Å². The van der Waals surface area contributed by atoms with Crippen LogP contribution in [0.1, 0.15) is 52.3 Å². The number of aromatic nitrogens is 1. The molecule has 0 saturated carbocycles. The first-order chi connectivity index (χ1) is 12.7. The van der Waals surface area contributed by atoms with E-state index in [1.54, 1.807) is 0 Å². The summed E-state index contributed by atoms with van der Waals surface area (Å²) >= 11 is 0. The van der Waals surface area contributed by atoms with E-state index >= 15 is 0 Å². The first-order valence-corrected chi connectivity index (χ1v) is 12.4. The van der Waals surface area contributed by atoms with Crippen LogP contribution >= 0.6 is 10.3 Å². The van der Waals surface area contributed by atoms with E-state index in [9.17, 15) is 0 Å². The third-order valence-corrected chi connectivity index (χ3v) is 9.70. The molecule has 0 spiro atoms. The van der Waals surface area contributed by atoms with Crippen molar-refractivity contribution in [3.8, 4) is 11.6 Å². The molecule has 1 saturated heterocycles. The van der Waals surface area contributed by atoms with Gasteiger partial charge in [-0.2, -0.15) is 0 Å². The normalized spacial score (nSPS) is 23.1. The Bertz CT molecular complexity index is 645. The first-order valence-electron chi connectivity index (χ1n) is 10.1.